The fraction of sp³-hybridized carbons (Fsp3) is 0.105. The second kappa shape index (κ2) is 5.41. The normalized spacial score (nSPS) is 11.3. The molecule has 0 unspecified atom stereocenters. The van der Waals surface area contributed by atoms with E-state index in [1.54, 1.807) is 6.92 Å². The van der Waals surface area contributed by atoms with Gasteiger partial charge in [0.15, 0.2) is 5.43 Å². The molecule has 0 saturated heterocycles. The Morgan fingerprint density at radius 3 is 2.43 bits per heavy atom. The van der Waals surface area contributed by atoms with Crippen LogP contribution in [0.4, 0.5) is 0 Å². The summed E-state index contributed by atoms with van der Waals surface area (Å²) >= 11 is 0. The SMILES string of the molecule is Cc1c(/C=C/c2ccccc2)oc2c(C)cccc2c1=O. The standard InChI is InChI=1S/C19H16O2/c1-13-7-6-10-16-18(20)14(2)17(21-19(13)16)12-11-15-8-4-3-5-9-15/h3-12H,1-2H3/b12-11+. The van der Waals surface area contributed by atoms with Crippen LogP contribution in [0.5, 0.6) is 0 Å². The molecule has 1 heterocycles. The van der Waals surface area contributed by atoms with E-state index in [0.29, 0.717) is 22.3 Å². The maximum Gasteiger partial charge on any atom is 0.196 e. The minimum absolute atomic E-state index is 0.0349. The van der Waals surface area contributed by atoms with Gasteiger partial charge in [-0.2, -0.15) is 0 Å². The summed E-state index contributed by atoms with van der Waals surface area (Å²) in [6, 6.07) is 15.6. The van der Waals surface area contributed by atoms with Crippen LogP contribution in [0.1, 0.15) is 22.5 Å². The van der Waals surface area contributed by atoms with E-state index in [1.165, 1.54) is 0 Å². The van der Waals surface area contributed by atoms with Gasteiger partial charge < -0.3 is 4.42 Å². The van der Waals surface area contributed by atoms with E-state index in [-0.39, 0.29) is 5.43 Å². The Kier molecular flexibility index (Phi) is 3.44. The lowest BCUT2D eigenvalue weighted by molar-refractivity contribution is 0.583. The van der Waals surface area contributed by atoms with Crippen molar-refractivity contribution in [3.05, 3.63) is 81.2 Å². The molecule has 0 spiro atoms. The van der Waals surface area contributed by atoms with Crippen LogP contribution in [0.25, 0.3) is 23.1 Å². The number of aryl methyl sites for hydroxylation is 1. The van der Waals surface area contributed by atoms with Crippen molar-refractivity contribution in [1.29, 1.82) is 0 Å². The number of rotatable bonds is 2. The van der Waals surface area contributed by atoms with Gasteiger partial charge in [-0.1, -0.05) is 48.5 Å². The largest absolute Gasteiger partial charge is 0.456 e. The Bertz CT molecular complexity index is 871. The first kappa shape index (κ1) is 13.4. The molecule has 3 rings (SSSR count). The lowest BCUT2D eigenvalue weighted by Crippen LogP contribution is -2.07. The molecule has 0 bridgehead atoms. The monoisotopic (exact) mass is 276 g/mol. The van der Waals surface area contributed by atoms with Crippen LogP contribution in [0, 0.1) is 13.8 Å². The van der Waals surface area contributed by atoms with Crippen LogP contribution in [-0.4, -0.2) is 0 Å². The maximum absolute atomic E-state index is 12.4. The molecule has 2 aromatic carbocycles. The van der Waals surface area contributed by atoms with E-state index in [4.69, 9.17) is 4.42 Å². The molecule has 1 aromatic heterocycles. The summed E-state index contributed by atoms with van der Waals surface area (Å²) in [5.41, 5.74) is 3.39. The number of para-hydroxylation sites is 1. The predicted molar refractivity (Wildman–Crippen MR) is 87.3 cm³/mol. The van der Waals surface area contributed by atoms with Gasteiger partial charge in [-0.25, -0.2) is 0 Å². The molecule has 3 aromatic rings. The van der Waals surface area contributed by atoms with E-state index < -0.39 is 0 Å². The minimum Gasteiger partial charge on any atom is -0.456 e. The highest BCUT2D eigenvalue weighted by atomic mass is 16.3. The molecular formula is C19H16O2. The third-order valence-corrected chi connectivity index (χ3v) is 3.61. The summed E-state index contributed by atoms with van der Waals surface area (Å²) < 4.78 is 5.94. The van der Waals surface area contributed by atoms with Crippen molar-refractivity contribution in [1.82, 2.24) is 0 Å². The third kappa shape index (κ3) is 2.52. The van der Waals surface area contributed by atoms with Crippen LogP contribution in [0.15, 0.2) is 57.7 Å². The Balaban J connectivity index is 2.15. The summed E-state index contributed by atoms with van der Waals surface area (Å²) in [5.74, 6) is 0.616. The molecule has 0 atom stereocenters. The van der Waals surface area contributed by atoms with E-state index in [1.807, 2.05) is 67.6 Å². The topological polar surface area (TPSA) is 30.2 Å². The zero-order valence-corrected chi connectivity index (χ0v) is 12.1. The molecule has 2 heteroatoms. The summed E-state index contributed by atoms with van der Waals surface area (Å²) in [5, 5.41) is 0.643. The van der Waals surface area contributed by atoms with Crippen LogP contribution >= 0.6 is 0 Å². The Morgan fingerprint density at radius 1 is 0.905 bits per heavy atom. The smallest absolute Gasteiger partial charge is 0.196 e. The molecule has 0 fully saturated rings. The lowest BCUT2D eigenvalue weighted by atomic mass is 10.1. The first-order valence-corrected chi connectivity index (χ1v) is 6.93. The molecule has 2 nitrogen and oxygen atoms in total. The molecule has 0 radical (unpaired) electrons. The number of fused-ring (bicyclic) bond motifs is 1. The highest BCUT2D eigenvalue weighted by Crippen LogP contribution is 2.20. The zero-order chi connectivity index (χ0) is 14.8. The van der Waals surface area contributed by atoms with Crippen molar-refractivity contribution in [2.24, 2.45) is 0 Å². The van der Waals surface area contributed by atoms with Gasteiger partial charge in [-0.15, -0.1) is 0 Å². The van der Waals surface area contributed by atoms with Crippen molar-refractivity contribution in [2.75, 3.05) is 0 Å². The molecule has 0 amide bonds. The van der Waals surface area contributed by atoms with Gasteiger partial charge in [0, 0.05) is 5.56 Å². The molecule has 0 aliphatic carbocycles. The van der Waals surface area contributed by atoms with Gasteiger partial charge in [0.2, 0.25) is 0 Å². The van der Waals surface area contributed by atoms with E-state index in [2.05, 4.69) is 0 Å². The Hall–Kier alpha value is -2.61. The van der Waals surface area contributed by atoms with Crippen molar-refractivity contribution in [3.8, 4) is 0 Å². The summed E-state index contributed by atoms with van der Waals surface area (Å²) in [7, 11) is 0. The average molecular weight is 276 g/mol. The van der Waals surface area contributed by atoms with Crippen LogP contribution in [-0.2, 0) is 0 Å². The number of hydrogen-bond acceptors (Lipinski definition) is 2. The maximum atomic E-state index is 12.4. The fourth-order valence-electron chi connectivity index (χ4n) is 2.36. The Labute approximate surface area is 123 Å². The van der Waals surface area contributed by atoms with E-state index in [9.17, 15) is 4.79 Å². The highest BCUT2D eigenvalue weighted by Gasteiger charge is 2.09. The van der Waals surface area contributed by atoms with Crippen LogP contribution < -0.4 is 5.43 Å². The third-order valence-electron chi connectivity index (χ3n) is 3.61. The summed E-state index contributed by atoms with van der Waals surface area (Å²) in [6.45, 7) is 3.75. The van der Waals surface area contributed by atoms with Gasteiger partial charge >= 0.3 is 0 Å². The second-order valence-electron chi connectivity index (χ2n) is 5.12. The minimum atomic E-state index is 0.0349. The van der Waals surface area contributed by atoms with Crippen molar-refractivity contribution < 1.29 is 4.42 Å². The number of benzene rings is 2. The molecule has 0 aliphatic rings. The van der Waals surface area contributed by atoms with Crippen molar-refractivity contribution in [3.63, 3.8) is 0 Å². The molecule has 104 valence electrons. The lowest BCUT2D eigenvalue weighted by Gasteiger charge is -2.05. The van der Waals surface area contributed by atoms with Crippen LogP contribution in [0.2, 0.25) is 0 Å². The van der Waals surface area contributed by atoms with E-state index in [0.717, 1.165) is 11.1 Å². The van der Waals surface area contributed by atoms with E-state index >= 15 is 0 Å². The first-order chi connectivity index (χ1) is 10.2. The van der Waals surface area contributed by atoms with Crippen molar-refractivity contribution in [2.45, 2.75) is 13.8 Å². The summed E-state index contributed by atoms with van der Waals surface area (Å²) in [4.78, 5) is 12.4. The molecule has 0 saturated carbocycles. The quantitative estimate of drug-likeness (QED) is 0.685. The van der Waals surface area contributed by atoms with Gasteiger partial charge in [0.25, 0.3) is 0 Å². The van der Waals surface area contributed by atoms with Gasteiger partial charge in [-0.3, -0.25) is 4.79 Å². The van der Waals surface area contributed by atoms with Gasteiger partial charge in [0.05, 0.1) is 5.39 Å². The molecule has 0 aliphatic heterocycles. The average Bonchev–Trinajstić information content (AvgIpc) is 2.51. The van der Waals surface area contributed by atoms with Gasteiger partial charge in [-0.05, 0) is 37.1 Å². The van der Waals surface area contributed by atoms with Crippen molar-refractivity contribution >= 4 is 23.1 Å². The fourth-order valence-corrected chi connectivity index (χ4v) is 2.36. The molecule has 21 heavy (non-hydrogen) atoms. The Morgan fingerprint density at radius 2 is 1.67 bits per heavy atom. The first-order valence-electron chi connectivity index (χ1n) is 6.93. The number of hydrogen-bond donors (Lipinski definition) is 0. The van der Waals surface area contributed by atoms with Gasteiger partial charge in [0.1, 0.15) is 11.3 Å². The zero-order valence-electron chi connectivity index (χ0n) is 12.1. The highest BCUT2D eigenvalue weighted by molar-refractivity contribution is 5.82. The predicted octanol–water partition coefficient (Wildman–Crippen LogP) is 4.58. The molecule has 0 N–H and O–H groups in total. The molecular weight excluding hydrogens is 260 g/mol. The second-order valence-corrected chi connectivity index (χ2v) is 5.12. The van der Waals surface area contributed by atoms with Crippen LogP contribution in [0.3, 0.4) is 0 Å². The summed E-state index contributed by atoms with van der Waals surface area (Å²) in [6.07, 6.45) is 3.81.